The van der Waals surface area contributed by atoms with Gasteiger partial charge in [0.15, 0.2) is 0 Å². The number of aryl methyl sites for hydroxylation is 1. The minimum absolute atomic E-state index is 0.436. The van der Waals surface area contributed by atoms with Crippen molar-refractivity contribution in [1.82, 2.24) is 15.2 Å². The minimum Gasteiger partial charge on any atom is -0.467 e. The quantitative estimate of drug-likeness (QED) is 0.382. The number of pyridine rings is 1. The molecule has 0 unspecified atom stereocenters. The van der Waals surface area contributed by atoms with Crippen LogP contribution in [0.3, 0.4) is 0 Å². The largest absolute Gasteiger partial charge is 0.467 e. The highest BCUT2D eigenvalue weighted by molar-refractivity contribution is 5.81. The van der Waals surface area contributed by atoms with Crippen LogP contribution >= 0.6 is 0 Å². The number of esters is 1. The molecule has 0 aromatic carbocycles. The predicted molar refractivity (Wildman–Crippen MR) is 128 cm³/mol. The maximum absolute atomic E-state index is 12.2. The molecule has 1 saturated carbocycles. The smallest absolute Gasteiger partial charge is 0.408 e. The van der Waals surface area contributed by atoms with E-state index in [0.29, 0.717) is 18.5 Å². The number of alkyl carbamates (subject to hydrolysis) is 1. The fourth-order valence-electron chi connectivity index (χ4n) is 4.34. The zero-order chi connectivity index (χ0) is 23.8. The molecule has 0 spiro atoms. The van der Waals surface area contributed by atoms with E-state index in [1.54, 1.807) is 20.8 Å². The molecule has 2 atom stereocenters. The van der Waals surface area contributed by atoms with Crippen LogP contribution in [0.1, 0.15) is 71.3 Å². The van der Waals surface area contributed by atoms with Gasteiger partial charge in [0, 0.05) is 24.8 Å². The second-order valence-electron chi connectivity index (χ2n) is 10.2. The normalized spacial score (nSPS) is 18.8. The molecule has 33 heavy (non-hydrogen) atoms. The monoisotopic (exact) mass is 460 g/mol. The van der Waals surface area contributed by atoms with Crippen molar-refractivity contribution in [2.75, 3.05) is 25.5 Å². The van der Waals surface area contributed by atoms with Gasteiger partial charge in [0.25, 0.3) is 0 Å². The average Bonchev–Trinajstić information content (AvgIpc) is 3.61. The molecule has 1 aliphatic heterocycles. The second kappa shape index (κ2) is 11.7. The van der Waals surface area contributed by atoms with Gasteiger partial charge < -0.3 is 25.0 Å². The van der Waals surface area contributed by atoms with Gasteiger partial charge in [-0.1, -0.05) is 12.5 Å². The molecule has 0 bridgehead atoms. The van der Waals surface area contributed by atoms with Crippen LogP contribution in [0.2, 0.25) is 0 Å². The summed E-state index contributed by atoms with van der Waals surface area (Å²) in [4.78, 5) is 31.3. The summed E-state index contributed by atoms with van der Waals surface area (Å²) in [6.07, 6.45) is 9.83. The third-order valence-corrected chi connectivity index (χ3v) is 6.19. The van der Waals surface area contributed by atoms with E-state index in [9.17, 15) is 9.59 Å². The molecule has 8 heteroatoms. The highest BCUT2D eigenvalue weighted by atomic mass is 16.6. The summed E-state index contributed by atoms with van der Waals surface area (Å²) >= 11 is 0. The van der Waals surface area contributed by atoms with Crippen LogP contribution < -0.4 is 10.6 Å². The van der Waals surface area contributed by atoms with E-state index in [4.69, 9.17) is 9.47 Å². The number of ether oxygens (including phenoxy) is 2. The van der Waals surface area contributed by atoms with Crippen molar-refractivity contribution in [3.8, 4) is 0 Å². The Bertz CT molecular complexity index is 791. The highest BCUT2D eigenvalue weighted by Gasteiger charge is 2.31. The maximum Gasteiger partial charge on any atom is 0.408 e. The summed E-state index contributed by atoms with van der Waals surface area (Å²) in [7, 11) is 1.35. The number of carbonyl (C=O) groups excluding carboxylic acids is 2. The molecule has 3 rings (SSSR count). The SMILES string of the molecule is COC(=O)[C@H](CCN(CCCC[C@@H]1CCc2cccnc2N1)C1CC1)NC(=O)OC(C)(C)C. The Morgan fingerprint density at radius 2 is 2.03 bits per heavy atom. The molecular formula is C25H40N4O4. The Hall–Kier alpha value is -2.35. The molecule has 8 nitrogen and oxygen atoms in total. The van der Waals surface area contributed by atoms with Crippen molar-refractivity contribution in [3.63, 3.8) is 0 Å². The van der Waals surface area contributed by atoms with Crippen LogP contribution in [0.25, 0.3) is 0 Å². The molecule has 1 aliphatic carbocycles. The number of unbranched alkanes of at least 4 members (excludes halogenated alkanes) is 1. The lowest BCUT2D eigenvalue weighted by Gasteiger charge is -2.27. The van der Waals surface area contributed by atoms with Crippen molar-refractivity contribution < 1.29 is 19.1 Å². The van der Waals surface area contributed by atoms with Gasteiger partial charge in [0.2, 0.25) is 0 Å². The minimum atomic E-state index is -0.704. The van der Waals surface area contributed by atoms with Gasteiger partial charge in [-0.25, -0.2) is 14.6 Å². The van der Waals surface area contributed by atoms with Gasteiger partial charge in [0.05, 0.1) is 7.11 Å². The molecule has 2 aliphatic rings. The number of nitrogens with zero attached hydrogens (tertiary/aromatic N) is 2. The molecule has 2 N–H and O–H groups in total. The van der Waals surface area contributed by atoms with Crippen molar-refractivity contribution >= 4 is 17.9 Å². The van der Waals surface area contributed by atoms with Crippen molar-refractivity contribution in [1.29, 1.82) is 0 Å². The summed E-state index contributed by atoms with van der Waals surface area (Å²) < 4.78 is 10.2. The standard InChI is InChI=1S/C25H40N4O4/c1-25(2,3)33-24(31)28-21(23(30)32-4)14-17-29(20-12-13-20)16-6-5-9-19-11-10-18-8-7-15-26-22(18)27-19/h7-8,15,19-21H,5-6,9-14,16-17H2,1-4H3,(H,26,27)(H,28,31)/t19-,21+/m1/s1. The number of nitrogens with one attached hydrogen (secondary N) is 2. The molecule has 1 amide bonds. The first-order valence-corrected chi connectivity index (χ1v) is 12.3. The second-order valence-corrected chi connectivity index (χ2v) is 10.2. The number of fused-ring (bicyclic) bond motifs is 1. The first kappa shape index (κ1) is 25.3. The van der Waals surface area contributed by atoms with E-state index in [2.05, 4.69) is 26.6 Å². The van der Waals surface area contributed by atoms with E-state index in [-0.39, 0.29) is 0 Å². The average molecular weight is 461 g/mol. The Kier molecular flexibility index (Phi) is 8.95. The first-order chi connectivity index (χ1) is 15.7. The van der Waals surface area contributed by atoms with Crippen LogP contribution in [-0.2, 0) is 20.7 Å². The van der Waals surface area contributed by atoms with Gasteiger partial charge in [-0.2, -0.15) is 0 Å². The molecule has 1 aromatic heterocycles. The number of carbonyl (C=O) groups is 2. The highest BCUT2D eigenvalue weighted by Crippen LogP contribution is 2.28. The lowest BCUT2D eigenvalue weighted by molar-refractivity contribution is -0.143. The molecule has 184 valence electrons. The van der Waals surface area contributed by atoms with Crippen LogP contribution in [-0.4, -0.2) is 65.9 Å². The molecule has 0 saturated heterocycles. The first-order valence-electron chi connectivity index (χ1n) is 12.3. The third-order valence-electron chi connectivity index (χ3n) is 6.19. The van der Waals surface area contributed by atoms with E-state index >= 15 is 0 Å². The van der Waals surface area contributed by atoms with Crippen LogP contribution in [0, 0.1) is 0 Å². The summed E-state index contributed by atoms with van der Waals surface area (Å²) in [5.41, 5.74) is 0.699. The Morgan fingerprint density at radius 3 is 2.73 bits per heavy atom. The van der Waals surface area contributed by atoms with Crippen LogP contribution in [0.4, 0.5) is 10.6 Å². The van der Waals surface area contributed by atoms with Crippen LogP contribution in [0.15, 0.2) is 18.3 Å². The number of rotatable bonds is 11. The van der Waals surface area contributed by atoms with Gasteiger partial charge >= 0.3 is 12.1 Å². The number of amides is 1. The van der Waals surface area contributed by atoms with Crippen LogP contribution in [0.5, 0.6) is 0 Å². The molecular weight excluding hydrogens is 420 g/mol. The van der Waals surface area contributed by atoms with Gasteiger partial charge in [0.1, 0.15) is 17.5 Å². The maximum atomic E-state index is 12.2. The fraction of sp³-hybridized carbons (Fsp3) is 0.720. The topological polar surface area (TPSA) is 92.8 Å². The zero-order valence-corrected chi connectivity index (χ0v) is 20.6. The fourth-order valence-corrected chi connectivity index (χ4v) is 4.34. The molecule has 0 radical (unpaired) electrons. The summed E-state index contributed by atoms with van der Waals surface area (Å²) in [6, 6.07) is 4.53. The predicted octanol–water partition coefficient (Wildman–Crippen LogP) is 3.90. The summed E-state index contributed by atoms with van der Waals surface area (Å²) in [5, 5.41) is 6.27. The summed E-state index contributed by atoms with van der Waals surface area (Å²) in [5.74, 6) is 0.605. The molecule has 1 aromatic rings. The van der Waals surface area contributed by atoms with Crippen molar-refractivity contribution in [3.05, 3.63) is 23.9 Å². The third kappa shape index (κ3) is 8.50. The lowest BCUT2D eigenvalue weighted by atomic mass is 9.97. The van der Waals surface area contributed by atoms with Crippen molar-refractivity contribution in [2.24, 2.45) is 0 Å². The molecule has 2 heterocycles. The van der Waals surface area contributed by atoms with E-state index in [1.807, 2.05) is 12.3 Å². The molecule has 1 fully saturated rings. The number of hydrogen-bond acceptors (Lipinski definition) is 7. The Balaban J connectivity index is 1.41. The zero-order valence-electron chi connectivity index (χ0n) is 20.6. The number of methoxy groups -OCH3 is 1. The number of aromatic nitrogens is 1. The van der Waals surface area contributed by atoms with Crippen molar-refractivity contribution in [2.45, 2.75) is 95.9 Å². The number of anilines is 1. The van der Waals surface area contributed by atoms with E-state index in [1.165, 1.54) is 25.5 Å². The van der Waals surface area contributed by atoms with Gasteiger partial charge in [-0.05, 0) is 83.9 Å². The Morgan fingerprint density at radius 1 is 1.24 bits per heavy atom. The summed E-state index contributed by atoms with van der Waals surface area (Å²) in [6.45, 7) is 7.15. The van der Waals surface area contributed by atoms with Gasteiger partial charge in [-0.3, -0.25) is 0 Å². The lowest BCUT2D eigenvalue weighted by Crippen LogP contribution is -2.46. The van der Waals surface area contributed by atoms with E-state index < -0.39 is 23.7 Å². The Labute approximate surface area is 197 Å². The van der Waals surface area contributed by atoms with E-state index in [0.717, 1.165) is 51.0 Å². The van der Waals surface area contributed by atoms with Gasteiger partial charge in [-0.15, -0.1) is 0 Å². The number of hydrogen-bond donors (Lipinski definition) is 2.